The number of nitriles is 1. The lowest BCUT2D eigenvalue weighted by Gasteiger charge is -2.36. The first-order valence-electron chi connectivity index (χ1n) is 8.60. The number of fused-ring (bicyclic) bond motifs is 1. The summed E-state index contributed by atoms with van der Waals surface area (Å²) in [6, 6.07) is 9.89. The van der Waals surface area contributed by atoms with E-state index in [1.54, 1.807) is 0 Å². The standard InChI is InChI=1S/C19H23N3OS/c1-12-7-6-10-17(14(12)3)22-18(23)15-8-4-5-9-16(15)21-19(22)24-13(2)11-20/h4-5,8-9,12-14,17H,6-7,10H2,1-3H3/t12-,13+,14-,17+/m1/s1. The molecule has 1 aromatic carbocycles. The molecule has 0 saturated heterocycles. The molecule has 1 aliphatic carbocycles. The molecule has 1 heterocycles. The summed E-state index contributed by atoms with van der Waals surface area (Å²) >= 11 is 1.39. The second-order valence-corrected chi connectivity index (χ2v) is 8.12. The Bertz CT molecular complexity index is 839. The lowest BCUT2D eigenvalue weighted by molar-refractivity contribution is 0.173. The molecule has 0 aliphatic heterocycles. The zero-order chi connectivity index (χ0) is 17.3. The van der Waals surface area contributed by atoms with Gasteiger partial charge in [-0.3, -0.25) is 9.36 Å². The Morgan fingerprint density at radius 3 is 2.83 bits per heavy atom. The highest BCUT2D eigenvalue weighted by Gasteiger charge is 2.31. The Balaban J connectivity index is 2.19. The summed E-state index contributed by atoms with van der Waals surface area (Å²) in [5.41, 5.74) is 0.738. The molecule has 126 valence electrons. The largest absolute Gasteiger partial charge is 0.284 e. The summed E-state index contributed by atoms with van der Waals surface area (Å²) in [7, 11) is 0. The second kappa shape index (κ2) is 6.98. The molecule has 2 aromatic rings. The fourth-order valence-electron chi connectivity index (χ4n) is 3.60. The summed E-state index contributed by atoms with van der Waals surface area (Å²) in [4.78, 5) is 17.9. The van der Waals surface area contributed by atoms with Crippen LogP contribution >= 0.6 is 11.8 Å². The fraction of sp³-hybridized carbons (Fsp3) is 0.526. The van der Waals surface area contributed by atoms with Gasteiger partial charge in [0.05, 0.1) is 22.2 Å². The molecule has 3 rings (SSSR count). The molecule has 1 aromatic heterocycles. The molecule has 0 N–H and O–H groups in total. The van der Waals surface area contributed by atoms with Crippen LogP contribution in [0, 0.1) is 23.2 Å². The van der Waals surface area contributed by atoms with Crippen LogP contribution in [0.2, 0.25) is 0 Å². The van der Waals surface area contributed by atoms with Gasteiger partial charge in [-0.25, -0.2) is 4.98 Å². The Kier molecular flexibility index (Phi) is 4.96. The Morgan fingerprint density at radius 1 is 1.33 bits per heavy atom. The second-order valence-electron chi connectivity index (χ2n) is 6.81. The molecule has 4 nitrogen and oxygen atoms in total. The van der Waals surface area contributed by atoms with E-state index in [1.165, 1.54) is 18.2 Å². The molecule has 24 heavy (non-hydrogen) atoms. The number of benzene rings is 1. The summed E-state index contributed by atoms with van der Waals surface area (Å²) in [5, 5.41) is 10.3. The number of aromatic nitrogens is 2. The average Bonchev–Trinajstić information content (AvgIpc) is 2.58. The number of hydrogen-bond donors (Lipinski definition) is 0. The smallest absolute Gasteiger partial charge is 0.262 e. The van der Waals surface area contributed by atoms with Crippen LogP contribution in [0.4, 0.5) is 0 Å². The van der Waals surface area contributed by atoms with Crippen molar-refractivity contribution >= 4 is 22.7 Å². The van der Waals surface area contributed by atoms with E-state index in [0.717, 1.165) is 12.8 Å². The summed E-state index contributed by atoms with van der Waals surface area (Å²) in [6.45, 7) is 6.35. The van der Waals surface area contributed by atoms with Gasteiger partial charge in [-0.15, -0.1) is 0 Å². The highest BCUT2D eigenvalue weighted by molar-refractivity contribution is 8.00. The first-order chi connectivity index (χ1) is 11.5. The normalized spacial score (nSPS) is 25.3. The number of hydrogen-bond acceptors (Lipinski definition) is 4. The molecule has 0 radical (unpaired) electrons. The van der Waals surface area contributed by atoms with Crippen LogP contribution in [-0.4, -0.2) is 14.8 Å². The Morgan fingerprint density at radius 2 is 2.08 bits per heavy atom. The number of rotatable bonds is 3. The van der Waals surface area contributed by atoms with E-state index in [4.69, 9.17) is 4.98 Å². The molecular formula is C19H23N3OS. The maximum absolute atomic E-state index is 13.2. The minimum atomic E-state index is -0.236. The van der Waals surface area contributed by atoms with E-state index in [9.17, 15) is 10.1 Å². The van der Waals surface area contributed by atoms with Crippen molar-refractivity contribution in [2.45, 2.75) is 56.5 Å². The van der Waals surface area contributed by atoms with Crippen LogP contribution in [0.3, 0.4) is 0 Å². The third kappa shape index (κ3) is 3.08. The van der Waals surface area contributed by atoms with Gasteiger partial charge in [0.25, 0.3) is 5.56 Å². The van der Waals surface area contributed by atoms with Crippen molar-refractivity contribution in [2.24, 2.45) is 11.8 Å². The molecular weight excluding hydrogens is 318 g/mol. The van der Waals surface area contributed by atoms with Gasteiger partial charge in [0.15, 0.2) is 5.16 Å². The molecule has 0 amide bonds. The van der Waals surface area contributed by atoms with Crippen molar-refractivity contribution in [3.8, 4) is 6.07 Å². The Labute approximate surface area is 146 Å². The number of nitrogens with zero attached hydrogens (tertiary/aromatic N) is 3. The van der Waals surface area contributed by atoms with Crippen molar-refractivity contribution in [3.63, 3.8) is 0 Å². The molecule has 1 aliphatic rings. The van der Waals surface area contributed by atoms with Gasteiger partial charge < -0.3 is 0 Å². The van der Waals surface area contributed by atoms with Gasteiger partial charge in [-0.05, 0) is 37.3 Å². The molecule has 5 heteroatoms. The van der Waals surface area contributed by atoms with Crippen molar-refractivity contribution in [3.05, 3.63) is 34.6 Å². The SMILES string of the molecule is C[C@@H]1[C@H](C)CCC[C@@H]1n1c(S[C@@H](C)C#N)nc2ccccc2c1=O. The van der Waals surface area contributed by atoms with Gasteiger partial charge in [-0.1, -0.05) is 50.6 Å². The highest BCUT2D eigenvalue weighted by Crippen LogP contribution is 2.39. The summed E-state index contributed by atoms with van der Waals surface area (Å²) < 4.78 is 1.88. The van der Waals surface area contributed by atoms with Crippen LogP contribution < -0.4 is 5.56 Å². The minimum Gasteiger partial charge on any atom is -0.284 e. The minimum absolute atomic E-state index is 0.0270. The van der Waals surface area contributed by atoms with Crippen molar-refractivity contribution < 1.29 is 0 Å². The van der Waals surface area contributed by atoms with Crippen LogP contribution in [-0.2, 0) is 0 Å². The van der Waals surface area contributed by atoms with Gasteiger partial charge in [0, 0.05) is 6.04 Å². The fourth-order valence-corrected chi connectivity index (χ4v) is 4.46. The molecule has 0 spiro atoms. The quantitative estimate of drug-likeness (QED) is 0.613. The van der Waals surface area contributed by atoms with Crippen molar-refractivity contribution in [1.29, 1.82) is 5.26 Å². The maximum atomic E-state index is 13.2. The van der Waals surface area contributed by atoms with E-state index >= 15 is 0 Å². The van der Waals surface area contributed by atoms with Crippen molar-refractivity contribution in [1.82, 2.24) is 9.55 Å². The Hall–Kier alpha value is -1.80. The predicted octanol–water partition coefficient (Wildman–Crippen LogP) is 4.40. The predicted molar refractivity (Wildman–Crippen MR) is 98.2 cm³/mol. The molecule has 4 atom stereocenters. The topological polar surface area (TPSA) is 58.7 Å². The maximum Gasteiger partial charge on any atom is 0.262 e. The molecule has 1 saturated carbocycles. The zero-order valence-electron chi connectivity index (χ0n) is 14.4. The monoisotopic (exact) mass is 341 g/mol. The van der Waals surface area contributed by atoms with Crippen LogP contribution in [0.5, 0.6) is 0 Å². The van der Waals surface area contributed by atoms with Crippen molar-refractivity contribution in [2.75, 3.05) is 0 Å². The van der Waals surface area contributed by atoms with E-state index in [2.05, 4.69) is 19.9 Å². The third-order valence-electron chi connectivity index (χ3n) is 5.23. The van der Waals surface area contributed by atoms with Gasteiger partial charge in [0.1, 0.15) is 0 Å². The van der Waals surface area contributed by atoms with E-state index in [0.29, 0.717) is 27.9 Å². The van der Waals surface area contributed by atoms with Crippen LogP contribution in [0.1, 0.15) is 46.1 Å². The van der Waals surface area contributed by atoms with Gasteiger partial charge in [0.2, 0.25) is 0 Å². The van der Waals surface area contributed by atoms with Crippen LogP contribution in [0.25, 0.3) is 10.9 Å². The number of thioether (sulfide) groups is 1. The van der Waals surface area contributed by atoms with E-state index in [-0.39, 0.29) is 16.9 Å². The lowest BCUT2D eigenvalue weighted by atomic mass is 9.78. The average molecular weight is 341 g/mol. The van der Waals surface area contributed by atoms with Gasteiger partial charge in [-0.2, -0.15) is 5.26 Å². The third-order valence-corrected chi connectivity index (χ3v) is 6.19. The van der Waals surface area contributed by atoms with E-state index in [1.807, 2.05) is 35.8 Å². The first-order valence-corrected chi connectivity index (χ1v) is 9.48. The summed E-state index contributed by atoms with van der Waals surface area (Å²) in [6.07, 6.45) is 3.35. The van der Waals surface area contributed by atoms with Crippen LogP contribution in [0.15, 0.2) is 34.2 Å². The zero-order valence-corrected chi connectivity index (χ0v) is 15.2. The van der Waals surface area contributed by atoms with Gasteiger partial charge >= 0.3 is 0 Å². The lowest BCUT2D eigenvalue weighted by Crippen LogP contribution is -2.35. The molecule has 1 fully saturated rings. The molecule has 0 unspecified atom stereocenters. The molecule has 0 bridgehead atoms. The number of para-hydroxylation sites is 1. The first kappa shape index (κ1) is 17.0. The van der Waals surface area contributed by atoms with E-state index < -0.39 is 0 Å². The highest BCUT2D eigenvalue weighted by atomic mass is 32.2. The summed E-state index contributed by atoms with van der Waals surface area (Å²) in [5.74, 6) is 1.02.